The zero-order valence-electron chi connectivity index (χ0n) is 14.0. The highest BCUT2D eigenvalue weighted by molar-refractivity contribution is 7.17. The average molecular weight is 360 g/mol. The van der Waals surface area contributed by atoms with E-state index in [0.717, 1.165) is 36.4 Å². The van der Waals surface area contributed by atoms with Crippen LogP contribution in [0.5, 0.6) is 0 Å². The van der Waals surface area contributed by atoms with E-state index in [9.17, 15) is 14.0 Å². The quantitative estimate of drug-likeness (QED) is 0.884. The number of halogens is 1. The Hall–Kier alpha value is -2.21. The van der Waals surface area contributed by atoms with Gasteiger partial charge in [0.25, 0.3) is 5.91 Å². The van der Waals surface area contributed by atoms with Gasteiger partial charge in [0, 0.05) is 30.9 Å². The van der Waals surface area contributed by atoms with E-state index in [1.807, 2.05) is 11.0 Å². The summed E-state index contributed by atoms with van der Waals surface area (Å²) in [6.45, 7) is 2.01. The molecule has 0 aliphatic carbocycles. The third-order valence-corrected chi connectivity index (χ3v) is 5.42. The number of thiophene rings is 1. The standard InChI is InChI=1S/C19H21FN2O2S/c20-15-6-4-14(5-7-15)16-8-9-17(25-16)19(24)21-11-10-18(23)22-12-2-1-3-13-22/h4-9H,1-3,10-13H2,(H,21,24). The monoisotopic (exact) mass is 360 g/mol. The Kier molecular flexibility index (Phi) is 5.81. The molecule has 0 spiro atoms. The summed E-state index contributed by atoms with van der Waals surface area (Å²) in [7, 11) is 0. The van der Waals surface area contributed by atoms with Crippen molar-refractivity contribution in [1.82, 2.24) is 10.2 Å². The SMILES string of the molecule is O=C(NCCC(=O)N1CCCCC1)c1ccc(-c2ccc(F)cc2)s1. The van der Waals surface area contributed by atoms with Gasteiger partial charge in [-0.2, -0.15) is 0 Å². The first-order chi connectivity index (χ1) is 12.1. The predicted molar refractivity (Wildman–Crippen MR) is 97.1 cm³/mol. The van der Waals surface area contributed by atoms with Crippen LogP contribution in [0.2, 0.25) is 0 Å². The van der Waals surface area contributed by atoms with Crippen LogP contribution in [0.3, 0.4) is 0 Å². The summed E-state index contributed by atoms with van der Waals surface area (Å²) in [4.78, 5) is 27.7. The number of rotatable bonds is 5. The van der Waals surface area contributed by atoms with Crippen LogP contribution in [0.1, 0.15) is 35.4 Å². The molecule has 1 aliphatic heterocycles. The molecule has 0 atom stereocenters. The number of nitrogens with one attached hydrogen (secondary N) is 1. The summed E-state index contributed by atoms with van der Waals surface area (Å²) in [6.07, 6.45) is 3.66. The minimum absolute atomic E-state index is 0.109. The molecule has 0 radical (unpaired) electrons. The van der Waals surface area contributed by atoms with Crippen molar-refractivity contribution in [2.45, 2.75) is 25.7 Å². The summed E-state index contributed by atoms with van der Waals surface area (Å²) in [5, 5.41) is 2.81. The Labute approximate surface area is 150 Å². The maximum atomic E-state index is 13.0. The molecule has 132 valence electrons. The molecule has 1 N–H and O–H groups in total. The molecule has 2 aromatic rings. The first kappa shape index (κ1) is 17.6. The summed E-state index contributed by atoms with van der Waals surface area (Å²) in [6, 6.07) is 9.80. The van der Waals surface area contributed by atoms with E-state index in [-0.39, 0.29) is 17.6 Å². The van der Waals surface area contributed by atoms with Gasteiger partial charge in [0.1, 0.15) is 5.82 Å². The molecular weight excluding hydrogens is 339 g/mol. The Bertz CT molecular complexity index is 736. The topological polar surface area (TPSA) is 49.4 Å². The van der Waals surface area contributed by atoms with Crippen LogP contribution in [0, 0.1) is 5.82 Å². The molecule has 0 bridgehead atoms. The van der Waals surface area contributed by atoms with Gasteiger partial charge in [0.2, 0.25) is 5.91 Å². The van der Waals surface area contributed by atoms with Gasteiger partial charge in [-0.25, -0.2) is 4.39 Å². The lowest BCUT2D eigenvalue weighted by atomic mass is 10.1. The Morgan fingerprint density at radius 3 is 2.48 bits per heavy atom. The molecule has 2 amide bonds. The maximum absolute atomic E-state index is 13.0. The maximum Gasteiger partial charge on any atom is 0.261 e. The normalized spacial score (nSPS) is 14.4. The highest BCUT2D eigenvalue weighted by Gasteiger charge is 2.16. The number of carbonyl (C=O) groups excluding carboxylic acids is 2. The minimum atomic E-state index is -0.281. The third-order valence-electron chi connectivity index (χ3n) is 4.29. The van der Waals surface area contributed by atoms with Crippen molar-refractivity contribution in [2.75, 3.05) is 19.6 Å². The molecule has 3 rings (SSSR count). The fourth-order valence-corrected chi connectivity index (χ4v) is 3.83. The minimum Gasteiger partial charge on any atom is -0.351 e. The van der Waals surface area contributed by atoms with E-state index < -0.39 is 0 Å². The first-order valence-electron chi connectivity index (χ1n) is 8.55. The molecule has 6 heteroatoms. The third kappa shape index (κ3) is 4.66. The molecule has 1 aromatic heterocycles. The second-order valence-electron chi connectivity index (χ2n) is 6.12. The van der Waals surface area contributed by atoms with E-state index in [0.29, 0.717) is 17.8 Å². The lowest BCUT2D eigenvalue weighted by Crippen LogP contribution is -2.37. The molecule has 1 aromatic carbocycles. The van der Waals surface area contributed by atoms with Gasteiger partial charge in [-0.1, -0.05) is 12.1 Å². The van der Waals surface area contributed by atoms with Crippen molar-refractivity contribution in [1.29, 1.82) is 0 Å². The van der Waals surface area contributed by atoms with Gasteiger partial charge in [0.15, 0.2) is 0 Å². The van der Waals surface area contributed by atoms with Gasteiger partial charge in [-0.15, -0.1) is 11.3 Å². The van der Waals surface area contributed by atoms with Gasteiger partial charge in [-0.3, -0.25) is 9.59 Å². The van der Waals surface area contributed by atoms with E-state index >= 15 is 0 Å². The first-order valence-corrected chi connectivity index (χ1v) is 9.37. The zero-order valence-corrected chi connectivity index (χ0v) is 14.8. The number of amides is 2. The Balaban J connectivity index is 1.50. The number of benzene rings is 1. The van der Waals surface area contributed by atoms with Gasteiger partial charge in [-0.05, 0) is 49.1 Å². The Morgan fingerprint density at radius 1 is 1.04 bits per heavy atom. The smallest absolute Gasteiger partial charge is 0.261 e. The van der Waals surface area contributed by atoms with Crippen LogP contribution in [-0.2, 0) is 4.79 Å². The van der Waals surface area contributed by atoms with E-state index in [2.05, 4.69) is 5.32 Å². The van der Waals surface area contributed by atoms with Gasteiger partial charge < -0.3 is 10.2 Å². The molecule has 1 fully saturated rings. The molecule has 2 heterocycles. The fourth-order valence-electron chi connectivity index (χ4n) is 2.90. The van der Waals surface area contributed by atoms with Crippen molar-refractivity contribution in [3.05, 3.63) is 47.1 Å². The van der Waals surface area contributed by atoms with Crippen LogP contribution >= 0.6 is 11.3 Å². The second kappa shape index (κ2) is 8.25. The van der Waals surface area contributed by atoms with Crippen LogP contribution < -0.4 is 5.32 Å². The highest BCUT2D eigenvalue weighted by Crippen LogP contribution is 2.28. The number of piperidine rings is 1. The van der Waals surface area contributed by atoms with Crippen molar-refractivity contribution < 1.29 is 14.0 Å². The molecule has 4 nitrogen and oxygen atoms in total. The molecule has 0 saturated carbocycles. The van der Waals surface area contributed by atoms with E-state index in [4.69, 9.17) is 0 Å². The summed E-state index contributed by atoms with van der Waals surface area (Å²) in [5.74, 6) is -0.348. The van der Waals surface area contributed by atoms with E-state index in [1.54, 1.807) is 18.2 Å². The summed E-state index contributed by atoms with van der Waals surface area (Å²) >= 11 is 1.36. The van der Waals surface area contributed by atoms with Crippen LogP contribution in [0.4, 0.5) is 4.39 Å². The van der Waals surface area contributed by atoms with E-state index in [1.165, 1.54) is 29.9 Å². The number of hydrogen-bond donors (Lipinski definition) is 1. The molecule has 25 heavy (non-hydrogen) atoms. The van der Waals surface area contributed by atoms with Crippen LogP contribution in [0.15, 0.2) is 36.4 Å². The highest BCUT2D eigenvalue weighted by atomic mass is 32.1. The van der Waals surface area contributed by atoms with Crippen molar-refractivity contribution >= 4 is 23.2 Å². The summed E-state index contributed by atoms with van der Waals surface area (Å²) < 4.78 is 13.0. The molecular formula is C19H21FN2O2S. The lowest BCUT2D eigenvalue weighted by molar-refractivity contribution is -0.131. The van der Waals surface area contributed by atoms with Gasteiger partial charge in [0.05, 0.1) is 4.88 Å². The van der Waals surface area contributed by atoms with Crippen molar-refractivity contribution in [2.24, 2.45) is 0 Å². The van der Waals surface area contributed by atoms with Crippen molar-refractivity contribution in [3.8, 4) is 10.4 Å². The number of hydrogen-bond acceptors (Lipinski definition) is 3. The molecule has 1 saturated heterocycles. The number of carbonyl (C=O) groups is 2. The lowest BCUT2D eigenvalue weighted by Gasteiger charge is -2.26. The van der Waals surface area contributed by atoms with Crippen LogP contribution in [-0.4, -0.2) is 36.3 Å². The zero-order chi connectivity index (χ0) is 17.6. The number of nitrogens with zero attached hydrogens (tertiary/aromatic N) is 1. The molecule has 1 aliphatic rings. The summed E-state index contributed by atoms with van der Waals surface area (Å²) in [5.41, 5.74) is 0.880. The average Bonchev–Trinajstić information content (AvgIpc) is 3.13. The number of likely N-dealkylation sites (tertiary alicyclic amines) is 1. The van der Waals surface area contributed by atoms with Gasteiger partial charge >= 0.3 is 0 Å². The van der Waals surface area contributed by atoms with Crippen molar-refractivity contribution in [3.63, 3.8) is 0 Å². The largest absolute Gasteiger partial charge is 0.351 e. The fraction of sp³-hybridized carbons (Fsp3) is 0.368. The second-order valence-corrected chi connectivity index (χ2v) is 7.20. The predicted octanol–water partition coefficient (Wildman–Crippen LogP) is 3.69. The Morgan fingerprint density at radius 2 is 1.76 bits per heavy atom. The molecule has 0 unspecified atom stereocenters. The van der Waals surface area contributed by atoms with Crippen LogP contribution in [0.25, 0.3) is 10.4 Å².